The fraction of sp³-hybridized carbons (Fsp3) is 0.269. The summed E-state index contributed by atoms with van der Waals surface area (Å²) in [6, 6.07) is 12.1. The fourth-order valence-electron chi connectivity index (χ4n) is 4.31. The van der Waals surface area contributed by atoms with E-state index in [2.05, 4.69) is 5.32 Å². The Morgan fingerprint density at radius 3 is 2.24 bits per heavy atom. The maximum Gasteiger partial charge on any atom is 0.337 e. The van der Waals surface area contributed by atoms with Gasteiger partial charge in [0.1, 0.15) is 11.2 Å². The van der Waals surface area contributed by atoms with Crippen LogP contribution in [0.25, 0.3) is 21.9 Å². The third kappa shape index (κ3) is 3.80. The van der Waals surface area contributed by atoms with Crippen LogP contribution in [0.5, 0.6) is 0 Å². The van der Waals surface area contributed by atoms with E-state index in [1.165, 1.54) is 7.11 Å². The van der Waals surface area contributed by atoms with Gasteiger partial charge in [0.2, 0.25) is 5.43 Å². The van der Waals surface area contributed by atoms with E-state index in [1.807, 2.05) is 0 Å². The monoisotopic (exact) mass is 447 g/mol. The van der Waals surface area contributed by atoms with E-state index in [1.54, 1.807) is 70.2 Å². The van der Waals surface area contributed by atoms with Gasteiger partial charge in [0, 0.05) is 17.0 Å². The molecule has 0 spiro atoms. The Labute approximate surface area is 190 Å². The van der Waals surface area contributed by atoms with Gasteiger partial charge in [-0.15, -0.1) is 0 Å². The standard InChI is InChI=1S/C26H25NO6/c1-13(2)32-26(30)21-15(4)27-14(3)20(25(29)31-5)22(21)17-10-8-11-18-23(28)16-9-6-7-12-19(16)33-24(17)18/h6-13,22,27H,1-5H3. The minimum Gasteiger partial charge on any atom is -0.466 e. The van der Waals surface area contributed by atoms with E-state index in [0.29, 0.717) is 38.9 Å². The minimum absolute atomic E-state index is 0.185. The molecule has 7 heteroatoms. The van der Waals surface area contributed by atoms with Crippen molar-refractivity contribution in [1.82, 2.24) is 5.32 Å². The third-order valence-electron chi connectivity index (χ3n) is 5.67. The number of rotatable bonds is 4. The van der Waals surface area contributed by atoms with Gasteiger partial charge in [-0.3, -0.25) is 4.79 Å². The predicted molar refractivity (Wildman–Crippen MR) is 125 cm³/mol. The van der Waals surface area contributed by atoms with Crippen LogP contribution < -0.4 is 10.7 Å². The summed E-state index contributed by atoms with van der Waals surface area (Å²) in [7, 11) is 1.29. The van der Waals surface area contributed by atoms with E-state index in [-0.39, 0.29) is 22.7 Å². The number of benzene rings is 2. The van der Waals surface area contributed by atoms with Crippen molar-refractivity contribution in [1.29, 1.82) is 0 Å². The number of carbonyl (C=O) groups is 2. The van der Waals surface area contributed by atoms with E-state index in [9.17, 15) is 14.4 Å². The maximum atomic E-state index is 13.2. The summed E-state index contributed by atoms with van der Waals surface area (Å²) in [5.74, 6) is -2.00. The van der Waals surface area contributed by atoms with Gasteiger partial charge in [-0.05, 0) is 45.9 Å². The van der Waals surface area contributed by atoms with Crippen LogP contribution in [0.2, 0.25) is 0 Å². The molecule has 0 aliphatic carbocycles. The number of methoxy groups -OCH3 is 1. The Bertz CT molecular complexity index is 1410. The van der Waals surface area contributed by atoms with Gasteiger partial charge in [0.05, 0.1) is 41.1 Å². The first-order chi connectivity index (χ1) is 15.7. The van der Waals surface area contributed by atoms with Crippen LogP contribution in [0.15, 0.2) is 74.2 Å². The van der Waals surface area contributed by atoms with Crippen LogP contribution in [0.4, 0.5) is 0 Å². The summed E-state index contributed by atoms with van der Waals surface area (Å²) in [5, 5.41) is 3.92. The fourth-order valence-corrected chi connectivity index (χ4v) is 4.31. The Hall–Kier alpha value is -3.87. The zero-order valence-corrected chi connectivity index (χ0v) is 19.1. The second-order valence-electron chi connectivity index (χ2n) is 8.23. The highest BCUT2D eigenvalue weighted by atomic mass is 16.5. The molecule has 1 aromatic heterocycles. The molecule has 4 rings (SSSR count). The average Bonchev–Trinajstić information content (AvgIpc) is 2.77. The molecular formula is C26H25NO6. The molecule has 33 heavy (non-hydrogen) atoms. The van der Waals surface area contributed by atoms with Crippen LogP contribution in [0.1, 0.15) is 39.2 Å². The first kappa shape index (κ1) is 22.3. The van der Waals surface area contributed by atoms with Crippen molar-refractivity contribution in [3.05, 3.63) is 80.8 Å². The van der Waals surface area contributed by atoms with Crippen LogP contribution in [-0.4, -0.2) is 25.2 Å². The van der Waals surface area contributed by atoms with Gasteiger partial charge in [0.25, 0.3) is 0 Å². The third-order valence-corrected chi connectivity index (χ3v) is 5.67. The minimum atomic E-state index is -0.849. The van der Waals surface area contributed by atoms with E-state index < -0.39 is 17.9 Å². The number of fused-ring (bicyclic) bond motifs is 2. The summed E-state index contributed by atoms with van der Waals surface area (Å²) in [4.78, 5) is 39.3. The number of hydrogen-bond donors (Lipinski definition) is 1. The molecule has 170 valence electrons. The van der Waals surface area contributed by atoms with Crippen LogP contribution in [0, 0.1) is 0 Å². The predicted octanol–water partition coefficient (Wildman–Crippen LogP) is 4.31. The highest BCUT2D eigenvalue weighted by Crippen LogP contribution is 2.42. The lowest BCUT2D eigenvalue weighted by atomic mass is 9.79. The van der Waals surface area contributed by atoms with Crippen LogP contribution in [0.3, 0.4) is 0 Å². The van der Waals surface area contributed by atoms with Crippen molar-refractivity contribution in [2.45, 2.75) is 39.7 Å². The van der Waals surface area contributed by atoms with Crippen molar-refractivity contribution >= 4 is 33.9 Å². The highest BCUT2D eigenvalue weighted by molar-refractivity contribution is 6.02. The van der Waals surface area contributed by atoms with Crippen molar-refractivity contribution in [3.63, 3.8) is 0 Å². The molecule has 2 aromatic carbocycles. The van der Waals surface area contributed by atoms with Gasteiger partial charge in [-0.1, -0.05) is 24.3 Å². The summed E-state index contributed by atoms with van der Waals surface area (Å²) >= 11 is 0. The van der Waals surface area contributed by atoms with E-state index in [4.69, 9.17) is 13.9 Å². The first-order valence-corrected chi connectivity index (χ1v) is 10.7. The molecule has 3 aromatic rings. The van der Waals surface area contributed by atoms with E-state index in [0.717, 1.165) is 0 Å². The normalized spacial score (nSPS) is 16.4. The zero-order chi connectivity index (χ0) is 23.9. The Morgan fingerprint density at radius 1 is 0.939 bits per heavy atom. The molecule has 0 saturated carbocycles. The van der Waals surface area contributed by atoms with Gasteiger partial charge < -0.3 is 19.2 Å². The van der Waals surface area contributed by atoms with Crippen molar-refractivity contribution in [3.8, 4) is 0 Å². The van der Waals surface area contributed by atoms with Crippen molar-refractivity contribution in [2.75, 3.05) is 7.11 Å². The van der Waals surface area contributed by atoms with Gasteiger partial charge in [0.15, 0.2) is 0 Å². The SMILES string of the molecule is COC(=O)C1=C(C)NC(C)=C(C(=O)OC(C)C)C1c1cccc2c(=O)c3ccccc3oc12. The first-order valence-electron chi connectivity index (χ1n) is 10.7. The molecule has 0 amide bonds. The molecule has 0 bridgehead atoms. The zero-order valence-electron chi connectivity index (χ0n) is 19.1. The maximum absolute atomic E-state index is 13.2. The second kappa shape index (κ2) is 8.58. The highest BCUT2D eigenvalue weighted by Gasteiger charge is 2.39. The molecule has 1 N–H and O–H groups in total. The van der Waals surface area contributed by atoms with Crippen LogP contribution >= 0.6 is 0 Å². The second-order valence-corrected chi connectivity index (χ2v) is 8.23. The van der Waals surface area contributed by atoms with Gasteiger partial charge in [-0.25, -0.2) is 9.59 Å². The molecule has 2 heterocycles. The lowest BCUT2D eigenvalue weighted by molar-refractivity contribution is -0.143. The molecule has 0 radical (unpaired) electrons. The quantitative estimate of drug-likeness (QED) is 0.470. The Kier molecular flexibility index (Phi) is 5.80. The number of hydrogen-bond acceptors (Lipinski definition) is 7. The Morgan fingerprint density at radius 2 is 1.58 bits per heavy atom. The number of dihydropyridines is 1. The molecule has 1 atom stereocenters. The van der Waals surface area contributed by atoms with Gasteiger partial charge >= 0.3 is 11.9 Å². The molecule has 0 saturated heterocycles. The number of carbonyl (C=O) groups excluding carboxylic acids is 2. The molecular weight excluding hydrogens is 422 g/mol. The van der Waals surface area contributed by atoms with Crippen molar-refractivity contribution < 1.29 is 23.5 Å². The number of ether oxygens (including phenoxy) is 2. The average molecular weight is 447 g/mol. The molecule has 7 nitrogen and oxygen atoms in total. The molecule has 1 aliphatic rings. The number of nitrogens with one attached hydrogen (secondary N) is 1. The van der Waals surface area contributed by atoms with Gasteiger partial charge in [-0.2, -0.15) is 0 Å². The smallest absolute Gasteiger partial charge is 0.337 e. The largest absolute Gasteiger partial charge is 0.466 e. The number of para-hydroxylation sites is 2. The summed E-state index contributed by atoms with van der Waals surface area (Å²) in [6.07, 6.45) is -0.360. The lowest BCUT2D eigenvalue weighted by Gasteiger charge is -2.30. The van der Waals surface area contributed by atoms with Crippen LogP contribution in [-0.2, 0) is 19.1 Å². The van der Waals surface area contributed by atoms with Crippen molar-refractivity contribution in [2.24, 2.45) is 0 Å². The molecule has 1 aliphatic heterocycles. The molecule has 1 unspecified atom stereocenters. The lowest BCUT2D eigenvalue weighted by Crippen LogP contribution is -2.33. The summed E-state index contributed by atoms with van der Waals surface area (Å²) in [6.45, 7) is 7.00. The number of allylic oxidation sites excluding steroid dienone is 2. The Balaban J connectivity index is 2.07. The topological polar surface area (TPSA) is 94.8 Å². The summed E-state index contributed by atoms with van der Waals surface area (Å²) < 4.78 is 16.8. The summed E-state index contributed by atoms with van der Waals surface area (Å²) in [5.41, 5.74) is 2.66. The number of esters is 2. The molecule has 0 fully saturated rings. The van der Waals surface area contributed by atoms with E-state index >= 15 is 0 Å².